The van der Waals surface area contributed by atoms with E-state index < -0.39 is 18.3 Å². The van der Waals surface area contributed by atoms with E-state index in [1.165, 1.54) is 10.7 Å². The van der Waals surface area contributed by atoms with Gasteiger partial charge in [0.05, 0.1) is 17.4 Å². The van der Waals surface area contributed by atoms with Gasteiger partial charge in [-0.25, -0.2) is 4.39 Å². The summed E-state index contributed by atoms with van der Waals surface area (Å²) in [4.78, 5) is 0. The number of fused-ring (bicyclic) bond motifs is 1. The molecular weight excluding hydrogens is 258 g/mol. The van der Waals surface area contributed by atoms with Gasteiger partial charge in [0.25, 0.3) is 0 Å². The van der Waals surface area contributed by atoms with Gasteiger partial charge in [-0.05, 0) is 39.2 Å². The quantitative estimate of drug-likeness (QED) is 0.747. The molecule has 2 aromatic rings. The maximum atomic E-state index is 14.2. The lowest BCUT2D eigenvalue weighted by Gasteiger charge is -2.32. The average Bonchev–Trinajstić information content (AvgIpc) is 2.78. The van der Waals surface area contributed by atoms with Crippen molar-refractivity contribution < 1.29 is 13.7 Å². The summed E-state index contributed by atoms with van der Waals surface area (Å²) in [5, 5.41) is 4.82. The minimum Gasteiger partial charge on any atom is -0.399 e. The lowest BCUT2D eigenvalue weighted by Crippen LogP contribution is -2.41. The Hall–Kier alpha value is -1.40. The third-order valence-electron chi connectivity index (χ3n) is 4.33. The predicted molar refractivity (Wildman–Crippen MR) is 76.4 cm³/mol. The molecule has 6 heteroatoms. The number of rotatable bonds is 1. The summed E-state index contributed by atoms with van der Waals surface area (Å²) >= 11 is 0. The van der Waals surface area contributed by atoms with Crippen LogP contribution in [0.15, 0.2) is 18.3 Å². The first kappa shape index (κ1) is 13.6. The Morgan fingerprint density at radius 2 is 1.75 bits per heavy atom. The van der Waals surface area contributed by atoms with Gasteiger partial charge < -0.3 is 9.31 Å². The highest BCUT2D eigenvalue weighted by Crippen LogP contribution is 2.36. The second-order valence-corrected chi connectivity index (χ2v) is 6.30. The molecule has 2 heterocycles. The zero-order chi connectivity index (χ0) is 14.7. The van der Waals surface area contributed by atoms with Gasteiger partial charge in [-0.3, -0.25) is 4.68 Å². The van der Waals surface area contributed by atoms with Gasteiger partial charge in [0, 0.05) is 12.4 Å². The van der Waals surface area contributed by atoms with E-state index in [1.54, 1.807) is 13.2 Å². The van der Waals surface area contributed by atoms with E-state index in [1.807, 2.05) is 33.8 Å². The van der Waals surface area contributed by atoms with Gasteiger partial charge >= 0.3 is 7.12 Å². The number of hydrogen-bond donors (Lipinski definition) is 0. The van der Waals surface area contributed by atoms with E-state index in [-0.39, 0.29) is 5.82 Å². The SMILES string of the molecule is Cn1ncc2cc(B3OC(C)(C)C(C)(C)O3)cc(F)c21. The van der Waals surface area contributed by atoms with E-state index in [2.05, 4.69) is 5.10 Å². The summed E-state index contributed by atoms with van der Waals surface area (Å²) in [5.41, 5.74) is 0.308. The molecule has 0 saturated carbocycles. The minimum absolute atomic E-state index is 0.313. The van der Waals surface area contributed by atoms with Crippen molar-refractivity contribution in [3.05, 3.63) is 24.1 Å². The van der Waals surface area contributed by atoms with Gasteiger partial charge in [0.15, 0.2) is 0 Å². The van der Waals surface area contributed by atoms with Crippen molar-refractivity contribution in [2.75, 3.05) is 0 Å². The Morgan fingerprint density at radius 1 is 1.15 bits per heavy atom. The van der Waals surface area contributed by atoms with E-state index in [4.69, 9.17) is 9.31 Å². The molecule has 0 unspecified atom stereocenters. The van der Waals surface area contributed by atoms with Crippen LogP contribution in [0.25, 0.3) is 10.9 Å². The maximum absolute atomic E-state index is 14.2. The highest BCUT2D eigenvalue weighted by Gasteiger charge is 2.51. The van der Waals surface area contributed by atoms with Crippen LogP contribution < -0.4 is 5.46 Å². The zero-order valence-electron chi connectivity index (χ0n) is 12.4. The van der Waals surface area contributed by atoms with E-state index >= 15 is 0 Å². The van der Waals surface area contributed by atoms with Gasteiger partial charge in [0.1, 0.15) is 11.3 Å². The van der Waals surface area contributed by atoms with E-state index in [0.29, 0.717) is 11.0 Å². The summed E-state index contributed by atoms with van der Waals surface area (Å²) in [6, 6.07) is 3.33. The van der Waals surface area contributed by atoms with Gasteiger partial charge in [-0.15, -0.1) is 0 Å². The normalized spacial score (nSPS) is 20.8. The summed E-state index contributed by atoms with van der Waals surface area (Å²) < 4.78 is 27.6. The first-order chi connectivity index (χ1) is 9.21. The van der Waals surface area contributed by atoms with Crippen molar-refractivity contribution in [2.24, 2.45) is 7.05 Å². The van der Waals surface area contributed by atoms with Crippen molar-refractivity contribution in [3.63, 3.8) is 0 Å². The second kappa shape index (κ2) is 4.05. The van der Waals surface area contributed by atoms with Crippen LogP contribution in [0.5, 0.6) is 0 Å². The monoisotopic (exact) mass is 276 g/mol. The lowest BCUT2D eigenvalue weighted by molar-refractivity contribution is 0.00578. The molecule has 0 aliphatic carbocycles. The number of nitrogens with zero attached hydrogens (tertiary/aromatic N) is 2. The largest absolute Gasteiger partial charge is 0.494 e. The highest BCUT2D eigenvalue weighted by atomic mass is 19.1. The molecule has 1 aliphatic heterocycles. The molecule has 1 aliphatic rings. The molecule has 1 aromatic heterocycles. The van der Waals surface area contributed by atoms with Crippen molar-refractivity contribution in [1.82, 2.24) is 9.78 Å². The Bertz CT molecular complexity index is 665. The van der Waals surface area contributed by atoms with Crippen molar-refractivity contribution in [2.45, 2.75) is 38.9 Å². The molecule has 1 aromatic carbocycles. The van der Waals surface area contributed by atoms with Crippen LogP contribution in [-0.2, 0) is 16.4 Å². The van der Waals surface area contributed by atoms with Gasteiger partial charge in [-0.2, -0.15) is 5.10 Å². The minimum atomic E-state index is -0.556. The molecular formula is C14H18BFN2O2. The molecule has 1 saturated heterocycles. The van der Waals surface area contributed by atoms with Crippen LogP contribution in [0.2, 0.25) is 0 Å². The van der Waals surface area contributed by atoms with E-state index in [9.17, 15) is 4.39 Å². The molecule has 0 N–H and O–H groups in total. The van der Waals surface area contributed by atoms with Crippen molar-refractivity contribution >= 4 is 23.5 Å². The molecule has 0 radical (unpaired) electrons. The predicted octanol–water partition coefficient (Wildman–Crippen LogP) is 2.01. The molecule has 0 spiro atoms. The molecule has 0 atom stereocenters. The number of aryl methyl sites for hydroxylation is 1. The Balaban J connectivity index is 2.04. The zero-order valence-corrected chi connectivity index (χ0v) is 12.4. The first-order valence-corrected chi connectivity index (χ1v) is 6.68. The maximum Gasteiger partial charge on any atom is 0.494 e. The lowest BCUT2D eigenvalue weighted by atomic mass is 9.78. The average molecular weight is 276 g/mol. The standard InChI is InChI=1S/C14H18BFN2O2/c1-13(2)14(3,4)20-15(19-13)10-6-9-8-17-18(5)12(9)11(16)7-10/h6-8H,1-5H3. The summed E-state index contributed by atoms with van der Waals surface area (Å²) in [5.74, 6) is -0.313. The number of hydrogen-bond acceptors (Lipinski definition) is 3. The van der Waals surface area contributed by atoms with Crippen LogP contribution in [-0.4, -0.2) is 28.1 Å². The third-order valence-corrected chi connectivity index (χ3v) is 4.33. The fourth-order valence-corrected chi connectivity index (χ4v) is 2.40. The number of aromatic nitrogens is 2. The van der Waals surface area contributed by atoms with Crippen LogP contribution in [0.1, 0.15) is 27.7 Å². The van der Waals surface area contributed by atoms with Crippen molar-refractivity contribution in [3.8, 4) is 0 Å². The van der Waals surface area contributed by atoms with Crippen LogP contribution in [0, 0.1) is 5.82 Å². The molecule has 20 heavy (non-hydrogen) atoms. The highest BCUT2D eigenvalue weighted by molar-refractivity contribution is 6.62. The first-order valence-electron chi connectivity index (χ1n) is 6.68. The molecule has 0 amide bonds. The van der Waals surface area contributed by atoms with Gasteiger partial charge in [-0.1, -0.05) is 6.07 Å². The Morgan fingerprint density at radius 3 is 2.35 bits per heavy atom. The molecule has 0 bridgehead atoms. The summed E-state index contributed by atoms with van der Waals surface area (Å²) in [6.07, 6.45) is 1.65. The Kier molecular flexibility index (Phi) is 2.75. The molecule has 1 fully saturated rings. The second-order valence-electron chi connectivity index (χ2n) is 6.30. The molecule has 3 rings (SSSR count). The van der Waals surface area contributed by atoms with Crippen LogP contribution in [0.4, 0.5) is 4.39 Å². The number of benzene rings is 1. The molecule has 4 nitrogen and oxygen atoms in total. The smallest absolute Gasteiger partial charge is 0.399 e. The molecule has 106 valence electrons. The summed E-state index contributed by atoms with van der Waals surface area (Å²) in [7, 11) is 1.17. The van der Waals surface area contributed by atoms with Crippen LogP contribution >= 0.6 is 0 Å². The third kappa shape index (κ3) is 1.86. The van der Waals surface area contributed by atoms with Crippen LogP contribution in [0.3, 0.4) is 0 Å². The van der Waals surface area contributed by atoms with Gasteiger partial charge in [0.2, 0.25) is 0 Å². The van der Waals surface area contributed by atoms with E-state index in [0.717, 1.165) is 5.39 Å². The number of halogens is 1. The summed E-state index contributed by atoms with van der Waals surface area (Å²) in [6.45, 7) is 7.91. The topological polar surface area (TPSA) is 36.3 Å². The fourth-order valence-electron chi connectivity index (χ4n) is 2.40. The van der Waals surface area contributed by atoms with Crippen molar-refractivity contribution in [1.29, 1.82) is 0 Å². The fraction of sp³-hybridized carbons (Fsp3) is 0.500. The Labute approximate surface area is 118 Å².